The van der Waals surface area contributed by atoms with Crippen LogP contribution in [0.25, 0.3) is 11.0 Å². The highest BCUT2D eigenvalue weighted by molar-refractivity contribution is 5.99. The number of hydrogen-bond donors (Lipinski definition) is 0. The SMILES string of the molecule is CCOc1cccc(C2c3c(oc4ccc(CC)cc4c3=O)C(=O)N2CCN2CCOCC2)c1. The van der Waals surface area contributed by atoms with Crippen molar-refractivity contribution in [3.63, 3.8) is 0 Å². The van der Waals surface area contributed by atoms with Crippen molar-refractivity contribution in [2.75, 3.05) is 46.0 Å². The molecule has 1 fully saturated rings. The third-order valence-electron chi connectivity index (χ3n) is 6.68. The van der Waals surface area contributed by atoms with E-state index >= 15 is 0 Å². The summed E-state index contributed by atoms with van der Waals surface area (Å²) in [5.41, 5.74) is 2.63. The van der Waals surface area contributed by atoms with Gasteiger partial charge in [-0.2, -0.15) is 0 Å². The van der Waals surface area contributed by atoms with Gasteiger partial charge in [-0.25, -0.2) is 0 Å². The van der Waals surface area contributed by atoms with Crippen molar-refractivity contribution in [1.29, 1.82) is 0 Å². The Balaban J connectivity index is 1.61. The molecule has 1 saturated heterocycles. The van der Waals surface area contributed by atoms with Crippen molar-refractivity contribution < 1.29 is 18.7 Å². The Hall–Kier alpha value is -3.16. The standard InChI is InChI=1S/C27H30N2O5/c1-3-18-8-9-22-21(16-18)25(30)23-24(19-6-5-7-20(17-19)33-4-2)29(27(31)26(23)34-22)11-10-28-12-14-32-15-13-28/h5-9,16-17,24H,3-4,10-15H2,1-2H3. The Labute approximate surface area is 198 Å². The maximum absolute atomic E-state index is 13.8. The Morgan fingerprint density at radius 1 is 1.03 bits per heavy atom. The first-order valence-electron chi connectivity index (χ1n) is 12.0. The molecule has 3 aromatic rings. The molecule has 0 aliphatic carbocycles. The Kier molecular flexibility index (Phi) is 6.39. The number of carbonyl (C=O) groups is 1. The van der Waals surface area contributed by atoms with E-state index < -0.39 is 6.04 Å². The van der Waals surface area contributed by atoms with Crippen molar-refractivity contribution in [3.05, 3.63) is 75.1 Å². The lowest BCUT2D eigenvalue weighted by Gasteiger charge is -2.31. The van der Waals surface area contributed by atoms with Gasteiger partial charge in [0.05, 0.1) is 36.8 Å². The average Bonchev–Trinajstić information content (AvgIpc) is 3.15. The van der Waals surface area contributed by atoms with Crippen LogP contribution in [0.2, 0.25) is 0 Å². The van der Waals surface area contributed by atoms with E-state index in [-0.39, 0.29) is 17.1 Å². The van der Waals surface area contributed by atoms with Crippen molar-refractivity contribution in [3.8, 4) is 5.75 Å². The third-order valence-corrected chi connectivity index (χ3v) is 6.68. The quantitative estimate of drug-likeness (QED) is 0.534. The minimum Gasteiger partial charge on any atom is -0.494 e. The fourth-order valence-corrected chi connectivity index (χ4v) is 4.88. The van der Waals surface area contributed by atoms with E-state index in [4.69, 9.17) is 13.9 Å². The minimum absolute atomic E-state index is 0.138. The smallest absolute Gasteiger partial charge is 0.290 e. The van der Waals surface area contributed by atoms with E-state index in [0.29, 0.717) is 55.2 Å². The highest BCUT2D eigenvalue weighted by Crippen LogP contribution is 2.39. The van der Waals surface area contributed by atoms with Crippen LogP contribution in [-0.4, -0.2) is 61.7 Å². The second kappa shape index (κ2) is 9.60. The fraction of sp³-hybridized carbons (Fsp3) is 0.407. The van der Waals surface area contributed by atoms with Gasteiger partial charge in [0.15, 0.2) is 5.43 Å². The van der Waals surface area contributed by atoms with Crippen LogP contribution >= 0.6 is 0 Å². The maximum atomic E-state index is 13.8. The number of amides is 1. The molecule has 3 heterocycles. The predicted octanol–water partition coefficient (Wildman–Crippen LogP) is 3.63. The molecule has 7 heteroatoms. The van der Waals surface area contributed by atoms with Crippen LogP contribution in [0.4, 0.5) is 0 Å². The van der Waals surface area contributed by atoms with Gasteiger partial charge >= 0.3 is 0 Å². The lowest BCUT2D eigenvalue weighted by Crippen LogP contribution is -2.42. The summed E-state index contributed by atoms with van der Waals surface area (Å²) in [5.74, 6) is 0.622. The molecule has 0 saturated carbocycles. The molecule has 0 bridgehead atoms. The number of fused-ring (bicyclic) bond motifs is 2. The van der Waals surface area contributed by atoms with Crippen LogP contribution < -0.4 is 10.2 Å². The zero-order valence-corrected chi connectivity index (χ0v) is 19.7. The Morgan fingerprint density at radius 3 is 2.62 bits per heavy atom. The van der Waals surface area contributed by atoms with Crippen LogP contribution in [0, 0.1) is 0 Å². The van der Waals surface area contributed by atoms with E-state index in [1.807, 2.05) is 43.3 Å². The molecule has 1 atom stereocenters. The molecule has 2 aliphatic heterocycles. The van der Waals surface area contributed by atoms with Gasteiger partial charge < -0.3 is 18.8 Å². The second-order valence-corrected chi connectivity index (χ2v) is 8.72. The lowest BCUT2D eigenvalue weighted by molar-refractivity contribution is 0.0314. The third kappa shape index (κ3) is 4.10. The molecule has 0 N–H and O–H groups in total. The number of morpholine rings is 1. The van der Waals surface area contributed by atoms with Gasteiger partial charge in [0.1, 0.15) is 11.3 Å². The molecule has 2 aromatic carbocycles. The number of hydrogen-bond acceptors (Lipinski definition) is 6. The molecular formula is C27H30N2O5. The molecule has 0 radical (unpaired) electrons. The van der Waals surface area contributed by atoms with E-state index in [0.717, 1.165) is 30.6 Å². The average molecular weight is 463 g/mol. The predicted molar refractivity (Wildman–Crippen MR) is 130 cm³/mol. The van der Waals surface area contributed by atoms with Crippen LogP contribution in [0.3, 0.4) is 0 Å². The van der Waals surface area contributed by atoms with Crippen LogP contribution in [0.1, 0.15) is 47.1 Å². The first-order valence-corrected chi connectivity index (χ1v) is 12.0. The van der Waals surface area contributed by atoms with Gasteiger partial charge in [-0.3, -0.25) is 14.5 Å². The van der Waals surface area contributed by atoms with Gasteiger partial charge in [0, 0.05) is 26.2 Å². The van der Waals surface area contributed by atoms with Crippen LogP contribution in [0.5, 0.6) is 5.75 Å². The molecule has 34 heavy (non-hydrogen) atoms. The Morgan fingerprint density at radius 2 is 1.85 bits per heavy atom. The fourth-order valence-electron chi connectivity index (χ4n) is 4.88. The number of aryl methyl sites for hydroxylation is 1. The van der Waals surface area contributed by atoms with Crippen molar-refractivity contribution >= 4 is 16.9 Å². The van der Waals surface area contributed by atoms with Crippen LogP contribution in [-0.2, 0) is 11.2 Å². The van der Waals surface area contributed by atoms with Crippen LogP contribution in [0.15, 0.2) is 51.7 Å². The van der Waals surface area contributed by atoms with Gasteiger partial charge in [0.25, 0.3) is 5.91 Å². The highest BCUT2D eigenvalue weighted by Gasteiger charge is 2.42. The number of carbonyl (C=O) groups excluding carboxylic acids is 1. The highest BCUT2D eigenvalue weighted by atomic mass is 16.5. The monoisotopic (exact) mass is 462 g/mol. The largest absolute Gasteiger partial charge is 0.494 e. The molecule has 2 aliphatic rings. The molecule has 5 rings (SSSR count). The van der Waals surface area contributed by atoms with E-state index in [9.17, 15) is 9.59 Å². The summed E-state index contributed by atoms with van der Waals surface area (Å²) in [4.78, 5) is 31.4. The van der Waals surface area contributed by atoms with Gasteiger partial charge in [-0.1, -0.05) is 25.1 Å². The summed E-state index contributed by atoms with van der Waals surface area (Å²) in [6.07, 6.45) is 0.816. The minimum atomic E-state index is -0.519. The summed E-state index contributed by atoms with van der Waals surface area (Å²) in [5, 5.41) is 0.520. The molecule has 1 amide bonds. The van der Waals surface area contributed by atoms with Gasteiger partial charge in [0.2, 0.25) is 5.76 Å². The van der Waals surface area contributed by atoms with E-state index in [1.165, 1.54) is 0 Å². The molecule has 7 nitrogen and oxygen atoms in total. The summed E-state index contributed by atoms with van der Waals surface area (Å²) in [6, 6.07) is 12.8. The number of ether oxygens (including phenoxy) is 2. The summed E-state index contributed by atoms with van der Waals surface area (Å²) >= 11 is 0. The summed E-state index contributed by atoms with van der Waals surface area (Å²) < 4.78 is 17.3. The molecule has 0 spiro atoms. The zero-order chi connectivity index (χ0) is 23.7. The van der Waals surface area contributed by atoms with Crippen molar-refractivity contribution in [1.82, 2.24) is 9.80 Å². The number of nitrogens with zero attached hydrogens (tertiary/aromatic N) is 2. The molecule has 1 unspecified atom stereocenters. The van der Waals surface area contributed by atoms with Gasteiger partial charge in [-0.05, 0) is 48.7 Å². The van der Waals surface area contributed by atoms with Gasteiger partial charge in [-0.15, -0.1) is 0 Å². The van der Waals surface area contributed by atoms with E-state index in [1.54, 1.807) is 11.0 Å². The van der Waals surface area contributed by atoms with Crippen molar-refractivity contribution in [2.24, 2.45) is 0 Å². The molecule has 1 aromatic heterocycles. The second-order valence-electron chi connectivity index (χ2n) is 8.72. The zero-order valence-electron chi connectivity index (χ0n) is 19.7. The molecule has 178 valence electrons. The number of benzene rings is 2. The topological polar surface area (TPSA) is 72.2 Å². The lowest BCUT2D eigenvalue weighted by atomic mass is 9.97. The molecular weight excluding hydrogens is 432 g/mol. The normalized spacial score (nSPS) is 18.5. The first kappa shape index (κ1) is 22.6. The summed E-state index contributed by atoms with van der Waals surface area (Å²) in [6.45, 7) is 8.77. The van der Waals surface area contributed by atoms with Crippen molar-refractivity contribution in [2.45, 2.75) is 26.3 Å². The summed E-state index contributed by atoms with van der Waals surface area (Å²) in [7, 11) is 0. The maximum Gasteiger partial charge on any atom is 0.290 e. The Bertz CT molecular complexity index is 1260. The van der Waals surface area contributed by atoms with E-state index in [2.05, 4.69) is 11.8 Å². The first-order chi connectivity index (χ1) is 16.6. The number of rotatable bonds is 7.